The van der Waals surface area contributed by atoms with Crippen LogP contribution in [0.1, 0.15) is 52.9 Å². The smallest absolute Gasteiger partial charge is 0.0272 e. The van der Waals surface area contributed by atoms with Crippen LogP contribution in [-0.4, -0.2) is 61.7 Å². The van der Waals surface area contributed by atoms with Crippen LogP contribution in [0.4, 0.5) is 0 Å². The Morgan fingerprint density at radius 1 is 1.14 bits per heavy atom. The Morgan fingerprint density at radius 3 is 2.52 bits per heavy atom. The van der Waals surface area contributed by atoms with Gasteiger partial charge in [0.05, 0.1) is 0 Å². The second-order valence-electron chi connectivity index (χ2n) is 7.63. The summed E-state index contributed by atoms with van der Waals surface area (Å²) in [7, 11) is 2.36. The highest BCUT2D eigenvalue weighted by Crippen LogP contribution is 2.32. The molecule has 1 aliphatic heterocycles. The zero-order valence-corrected chi connectivity index (χ0v) is 14.8. The van der Waals surface area contributed by atoms with Gasteiger partial charge in [-0.3, -0.25) is 0 Å². The van der Waals surface area contributed by atoms with E-state index in [2.05, 4.69) is 42.9 Å². The van der Waals surface area contributed by atoms with Gasteiger partial charge in [0, 0.05) is 25.2 Å². The SMILES string of the molecule is CCCNC1CC(C)CC(C)C1N(C)CCN1CCCC1. The summed E-state index contributed by atoms with van der Waals surface area (Å²) >= 11 is 0. The number of likely N-dealkylation sites (N-methyl/N-ethyl adjacent to an activating group) is 1. The lowest BCUT2D eigenvalue weighted by atomic mass is 9.76. The van der Waals surface area contributed by atoms with Gasteiger partial charge in [0.2, 0.25) is 0 Å². The first-order chi connectivity index (χ1) is 10.1. The first-order valence-electron chi connectivity index (χ1n) is 9.27. The van der Waals surface area contributed by atoms with Crippen molar-refractivity contribution < 1.29 is 0 Å². The van der Waals surface area contributed by atoms with Gasteiger partial charge in [-0.05, 0) is 70.6 Å². The van der Waals surface area contributed by atoms with Gasteiger partial charge in [0.25, 0.3) is 0 Å². The number of hydrogen-bond donors (Lipinski definition) is 1. The minimum atomic E-state index is 0.687. The van der Waals surface area contributed by atoms with E-state index in [0.717, 1.165) is 17.9 Å². The Hall–Kier alpha value is -0.120. The zero-order valence-electron chi connectivity index (χ0n) is 14.8. The molecule has 2 aliphatic rings. The van der Waals surface area contributed by atoms with Gasteiger partial charge in [-0.25, -0.2) is 0 Å². The number of hydrogen-bond acceptors (Lipinski definition) is 3. The largest absolute Gasteiger partial charge is 0.312 e. The van der Waals surface area contributed by atoms with E-state index < -0.39 is 0 Å². The highest BCUT2D eigenvalue weighted by atomic mass is 15.2. The minimum absolute atomic E-state index is 0.687. The zero-order chi connectivity index (χ0) is 15.2. The fourth-order valence-corrected chi connectivity index (χ4v) is 4.57. The summed E-state index contributed by atoms with van der Waals surface area (Å²) in [5.41, 5.74) is 0. The molecule has 1 heterocycles. The molecule has 21 heavy (non-hydrogen) atoms. The van der Waals surface area contributed by atoms with Crippen LogP contribution in [0.5, 0.6) is 0 Å². The molecule has 2 rings (SSSR count). The van der Waals surface area contributed by atoms with Gasteiger partial charge >= 0.3 is 0 Å². The van der Waals surface area contributed by atoms with Crippen molar-refractivity contribution in [3.05, 3.63) is 0 Å². The second-order valence-corrected chi connectivity index (χ2v) is 7.63. The van der Waals surface area contributed by atoms with E-state index in [4.69, 9.17) is 0 Å². The highest BCUT2D eigenvalue weighted by Gasteiger charge is 2.36. The van der Waals surface area contributed by atoms with Crippen molar-refractivity contribution in [2.75, 3.05) is 39.8 Å². The molecule has 4 atom stereocenters. The molecule has 0 bridgehead atoms. The normalized spacial score (nSPS) is 34.7. The summed E-state index contributed by atoms with van der Waals surface area (Å²) in [4.78, 5) is 5.29. The van der Waals surface area contributed by atoms with Crippen LogP contribution >= 0.6 is 0 Å². The molecule has 4 unspecified atom stereocenters. The predicted molar refractivity (Wildman–Crippen MR) is 91.7 cm³/mol. The maximum atomic E-state index is 3.84. The number of likely N-dealkylation sites (tertiary alicyclic amines) is 1. The van der Waals surface area contributed by atoms with Gasteiger partial charge in [-0.1, -0.05) is 20.8 Å². The molecule has 1 saturated heterocycles. The number of nitrogens with zero attached hydrogens (tertiary/aromatic N) is 2. The van der Waals surface area contributed by atoms with E-state index in [9.17, 15) is 0 Å². The molecule has 0 aromatic carbocycles. The van der Waals surface area contributed by atoms with Crippen LogP contribution < -0.4 is 5.32 Å². The summed E-state index contributed by atoms with van der Waals surface area (Å²) in [5.74, 6) is 1.68. The second kappa shape index (κ2) is 8.50. The number of nitrogens with one attached hydrogen (secondary N) is 1. The summed E-state index contributed by atoms with van der Waals surface area (Å²) in [6.45, 7) is 13.5. The van der Waals surface area contributed by atoms with E-state index in [1.54, 1.807) is 0 Å². The molecule has 1 saturated carbocycles. The Bertz CT molecular complexity index is 288. The van der Waals surface area contributed by atoms with Crippen LogP contribution in [0.2, 0.25) is 0 Å². The van der Waals surface area contributed by atoms with Gasteiger partial charge in [-0.2, -0.15) is 0 Å². The van der Waals surface area contributed by atoms with Crippen molar-refractivity contribution in [3.8, 4) is 0 Å². The first-order valence-corrected chi connectivity index (χ1v) is 9.27. The van der Waals surface area contributed by atoms with Crippen LogP contribution in [0.15, 0.2) is 0 Å². The van der Waals surface area contributed by atoms with Gasteiger partial charge in [0.1, 0.15) is 0 Å². The Kier molecular flexibility index (Phi) is 6.97. The molecule has 1 N–H and O–H groups in total. The molecule has 1 aliphatic carbocycles. The van der Waals surface area contributed by atoms with Crippen molar-refractivity contribution in [1.29, 1.82) is 0 Å². The Balaban J connectivity index is 1.88. The van der Waals surface area contributed by atoms with E-state index in [-0.39, 0.29) is 0 Å². The highest BCUT2D eigenvalue weighted by molar-refractivity contribution is 4.93. The molecular formula is C18H37N3. The van der Waals surface area contributed by atoms with Crippen LogP contribution in [0.3, 0.4) is 0 Å². The van der Waals surface area contributed by atoms with Crippen molar-refractivity contribution in [1.82, 2.24) is 15.1 Å². The molecule has 0 amide bonds. The summed E-state index contributed by atoms with van der Waals surface area (Å²) in [6, 6.07) is 1.41. The fourth-order valence-electron chi connectivity index (χ4n) is 4.57. The molecule has 0 aromatic heterocycles. The van der Waals surface area contributed by atoms with Crippen molar-refractivity contribution in [2.24, 2.45) is 11.8 Å². The molecular weight excluding hydrogens is 258 g/mol. The van der Waals surface area contributed by atoms with Gasteiger partial charge in [-0.15, -0.1) is 0 Å². The van der Waals surface area contributed by atoms with E-state index in [1.165, 1.54) is 64.8 Å². The van der Waals surface area contributed by atoms with Crippen LogP contribution in [-0.2, 0) is 0 Å². The average Bonchev–Trinajstić information content (AvgIpc) is 2.95. The van der Waals surface area contributed by atoms with Gasteiger partial charge < -0.3 is 15.1 Å². The van der Waals surface area contributed by atoms with E-state index in [1.807, 2.05) is 0 Å². The van der Waals surface area contributed by atoms with E-state index in [0.29, 0.717) is 6.04 Å². The molecule has 0 radical (unpaired) electrons. The molecule has 0 spiro atoms. The third kappa shape index (κ3) is 4.94. The standard InChI is InChI=1S/C18H37N3/c1-5-8-19-17-14-15(2)13-16(3)18(17)20(4)11-12-21-9-6-7-10-21/h15-19H,5-14H2,1-4H3. The van der Waals surface area contributed by atoms with Gasteiger partial charge in [0.15, 0.2) is 0 Å². The Labute approximate surface area is 132 Å². The minimum Gasteiger partial charge on any atom is -0.312 e. The summed E-state index contributed by atoms with van der Waals surface area (Å²) in [6.07, 6.45) is 6.79. The van der Waals surface area contributed by atoms with Crippen LogP contribution in [0, 0.1) is 11.8 Å². The molecule has 3 nitrogen and oxygen atoms in total. The monoisotopic (exact) mass is 295 g/mol. The third-order valence-electron chi connectivity index (χ3n) is 5.56. The lowest BCUT2D eigenvalue weighted by Crippen LogP contribution is -2.56. The average molecular weight is 296 g/mol. The molecule has 2 fully saturated rings. The van der Waals surface area contributed by atoms with Crippen LogP contribution in [0.25, 0.3) is 0 Å². The lowest BCUT2D eigenvalue weighted by molar-refractivity contribution is 0.0740. The van der Waals surface area contributed by atoms with Crippen molar-refractivity contribution in [3.63, 3.8) is 0 Å². The third-order valence-corrected chi connectivity index (χ3v) is 5.56. The topological polar surface area (TPSA) is 18.5 Å². The molecule has 0 aromatic rings. The predicted octanol–water partition coefficient (Wildman–Crippen LogP) is 2.82. The maximum Gasteiger partial charge on any atom is 0.0272 e. The maximum absolute atomic E-state index is 3.84. The quantitative estimate of drug-likeness (QED) is 0.779. The van der Waals surface area contributed by atoms with E-state index >= 15 is 0 Å². The molecule has 124 valence electrons. The summed E-state index contributed by atoms with van der Waals surface area (Å²) < 4.78 is 0. The van der Waals surface area contributed by atoms with Crippen molar-refractivity contribution in [2.45, 2.75) is 65.0 Å². The number of rotatable bonds is 7. The molecule has 3 heteroatoms. The van der Waals surface area contributed by atoms with Crippen molar-refractivity contribution >= 4 is 0 Å². The first kappa shape index (κ1) is 17.2. The lowest BCUT2D eigenvalue weighted by Gasteiger charge is -2.45. The fraction of sp³-hybridized carbons (Fsp3) is 1.00. The Morgan fingerprint density at radius 2 is 1.86 bits per heavy atom. The summed E-state index contributed by atoms with van der Waals surface area (Å²) in [5, 5.41) is 3.84.